The molecule has 0 bridgehead atoms. The van der Waals surface area contributed by atoms with Crippen LogP contribution in [0.2, 0.25) is 0 Å². The quantitative estimate of drug-likeness (QED) is 0.516. The van der Waals surface area contributed by atoms with E-state index >= 15 is 0 Å². The monoisotopic (exact) mass is 398 g/mol. The zero-order chi connectivity index (χ0) is 20.9. The Kier molecular flexibility index (Phi) is 5.66. The molecule has 0 aliphatic heterocycles. The van der Waals surface area contributed by atoms with Crippen molar-refractivity contribution in [3.8, 4) is 22.6 Å². The first-order valence-electron chi connectivity index (χ1n) is 9.77. The number of aromatic nitrogens is 3. The number of hydrogen-bond acceptors (Lipinski definition) is 5. The second-order valence-electron chi connectivity index (χ2n) is 7.16. The maximum absolute atomic E-state index is 12.5. The number of hydrogen-bond donors (Lipinski definition) is 1. The molecule has 6 nitrogen and oxygen atoms in total. The summed E-state index contributed by atoms with van der Waals surface area (Å²) in [4.78, 5) is 21.0. The van der Waals surface area contributed by atoms with Crippen molar-refractivity contribution in [1.82, 2.24) is 20.4 Å². The topological polar surface area (TPSA) is 80.9 Å². The lowest BCUT2D eigenvalue weighted by atomic mass is 10.0. The van der Waals surface area contributed by atoms with Gasteiger partial charge in [-0.15, -0.1) is 0 Å². The second kappa shape index (κ2) is 8.69. The molecule has 0 aliphatic carbocycles. The largest absolute Gasteiger partial charge is 0.356 e. The van der Waals surface area contributed by atoms with Crippen LogP contribution in [0.15, 0.2) is 77.7 Å². The molecule has 0 saturated carbocycles. The van der Waals surface area contributed by atoms with Gasteiger partial charge in [-0.05, 0) is 25.0 Å². The van der Waals surface area contributed by atoms with E-state index in [4.69, 9.17) is 4.52 Å². The highest BCUT2D eigenvalue weighted by Gasteiger charge is 2.15. The average molecular weight is 398 g/mol. The number of amides is 1. The Morgan fingerprint density at radius 3 is 2.57 bits per heavy atom. The average Bonchev–Trinajstić information content (AvgIpc) is 3.24. The van der Waals surface area contributed by atoms with Crippen LogP contribution in [0, 0.1) is 6.92 Å². The summed E-state index contributed by atoms with van der Waals surface area (Å²) in [6.45, 7) is 4.25. The van der Waals surface area contributed by atoms with Gasteiger partial charge < -0.3 is 9.84 Å². The van der Waals surface area contributed by atoms with Crippen LogP contribution in [0.4, 0.5) is 0 Å². The third-order valence-electron chi connectivity index (χ3n) is 4.99. The van der Waals surface area contributed by atoms with Crippen molar-refractivity contribution in [2.75, 3.05) is 0 Å². The molecule has 30 heavy (non-hydrogen) atoms. The van der Waals surface area contributed by atoms with E-state index in [-0.39, 0.29) is 11.8 Å². The number of nitrogens with one attached hydrogen (secondary N) is 1. The lowest BCUT2D eigenvalue weighted by Gasteiger charge is -2.13. The molecule has 0 spiro atoms. The molecular formula is C24H22N4O2. The molecule has 1 unspecified atom stereocenters. The summed E-state index contributed by atoms with van der Waals surface area (Å²) >= 11 is 0. The van der Waals surface area contributed by atoms with Crippen LogP contribution in [0.3, 0.4) is 0 Å². The van der Waals surface area contributed by atoms with Gasteiger partial charge in [0.1, 0.15) is 6.33 Å². The third-order valence-corrected chi connectivity index (χ3v) is 4.99. The normalized spacial score (nSPS) is 11.8. The number of nitrogens with zero attached hydrogens (tertiary/aromatic N) is 3. The number of rotatable bonds is 6. The molecule has 6 heteroatoms. The van der Waals surface area contributed by atoms with Gasteiger partial charge in [0.25, 0.3) is 0 Å². The van der Waals surface area contributed by atoms with Crippen LogP contribution in [0.1, 0.15) is 29.7 Å². The fourth-order valence-corrected chi connectivity index (χ4v) is 3.25. The molecule has 150 valence electrons. The summed E-state index contributed by atoms with van der Waals surface area (Å²) in [5.74, 6) is 0.442. The molecular weight excluding hydrogens is 376 g/mol. The summed E-state index contributed by atoms with van der Waals surface area (Å²) in [5, 5.41) is 6.96. The highest BCUT2D eigenvalue weighted by Crippen LogP contribution is 2.30. The molecule has 4 rings (SSSR count). The SMILES string of the molecule is Cc1cc(-c2cncnc2-c2ccc(CNC(=O)C(C)c3ccccc3)cc2)on1. The molecule has 0 saturated heterocycles. The van der Waals surface area contributed by atoms with E-state index in [1.54, 1.807) is 6.20 Å². The van der Waals surface area contributed by atoms with Gasteiger partial charge in [-0.25, -0.2) is 9.97 Å². The lowest BCUT2D eigenvalue weighted by molar-refractivity contribution is -0.122. The molecule has 0 aliphatic rings. The molecule has 2 aromatic carbocycles. The van der Waals surface area contributed by atoms with Crippen LogP contribution in [0.25, 0.3) is 22.6 Å². The highest BCUT2D eigenvalue weighted by molar-refractivity contribution is 5.83. The summed E-state index contributed by atoms with van der Waals surface area (Å²) < 4.78 is 5.38. The molecule has 4 aromatic rings. The van der Waals surface area contributed by atoms with Gasteiger partial charge in [0.2, 0.25) is 5.91 Å². The van der Waals surface area contributed by atoms with Gasteiger partial charge in [0.05, 0.1) is 22.9 Å². The minimum Gasteiger partial charge on any atom is -0.356 e. The summed E-state index contributed by atoms with van der Waals surface area (Å²) in [6, 6.07) is 19.6. The second-order valence-corrected chi connectivity index (χ2v) is 7.16. The fourth-order valence-electron chi connectivity index (χ4n) is 3.25. The van der Waals surface area contributed by atoms with Gasteiger partial charge in [-0.3, -0.25) is 4.79 Å². The summed E-state index contributed by atoms with van der Waals surface area (Å²) in [6.07, 6.45) is 3.24. The van der Waals surface area contributed by atoms with Crippen molar-refractivity contribution in [1.29, 1.82) is 0 Å². The number of carbonyl (C=O) groups excluding carboxylic acids is 1. The van der Waals surface area contributed by atoms with Crippen molar-refractivity contribution in [2.45, 2.75) is 26.3 Å². The van der Waals surface area contributed by atoms with Crippen LogP contribution in [0.5, 0.6) is 0 Å². The van der Waals surface area contributed by atoms with Crippen molar-refractivity contribution >= 4 is 5.91 Å². The van der Waals surface area contributed by atoms with Crippen molar-refractivity contribution in [3.05, 3.63) is 90.0 Å². The Morgan fingerprint density at radius 2 is 1.87 bits per heavy atom. The zero-order valence-corrected chi connectivity index (χ0v) is 16.9. The van der Waals surface area contributed by atoms with Crippen molar-refractivity contribution in [2.24, 2.45) is 0 Å². The smallest absolute Gasteiger partial charge is 0.227 e. The van der Waals surface area contributed by atoms with E-state index in [0.717, 1.165) is 33.6 Å². The zero-order valence-electron chi connectivity index (χ0n) is 16.9. The Morgan fingerprint density at radius 1 is 1.10 bits per heavy atom. The summed E-state index contributed by atoms with van der Waals surface area (Å²) in [7, 11) is 0. The third kappa shape index (κ3) is 4.27. The maximum atomic E-state index is 12.5. The first-order valence-corrected chi connectivity index (χ1v) is 9.77. The Hall–Kier alpha value is -3.80. The van der Waals surface area contributed by atoms with E-state index in [2.05, 4.69) is 20.4 Å². The molecule has 1 N–H and O–H groups in total. The highest BCUT2D eigenvalue weighted by atomic mass is 16.5. The first-order chi connectivity index (χ1) is 14.6. The van der Waals surface area contributed by atoms with Gasteiger partial charge >= 0.3 is 0 Å². The number of benzene rings is 2. The van der Waals surface area contributed by atoms with Gasteiger partial charge in [0, 0.05) is 24.4 Å². The molecule has 2 aromatic heterocycles. The maximum Gasteiger partial charge on any atom is 0.227 e. The predicted molar refractivity (Wildman–Crippen MR) is 114 cm³/mol. The van der Waals surface area contributed by atoms with Gasteiger partial charge in [-0.1, -0.05) is 59.8 Å². The van der Waals surface area contributed by atoms with E-state index in [9.17, 15) is 4.79 Å². The van der Waals surface area contributed by atoms with E-state index in [1.165, 1.54) is 6.33 Å². The van der Waals surface area contributed by atoms with E-state index in [0.29, 0.717) is 12.3 Å². The van der Waals surface area contributed by atoms with E-state index < -0.39 is 0 Å². The fraction of sp³-hybridized carbons (Fsp3) is 0.167. The summed E-state index contributed by atoms with van der Waals surface area (Å²) in [5.41, 5.74) is 5.32. The van der Waals surface area contributed by atoms with Crippen LogP contribution in [-0.2, 0) is 11.3 Å². The molecule has 0 fully saturated rings. The lowest BCUT2D eigenvalue weighted by Crippen LogP contribution is -2.27. The molecule has 2 heterocycles. The molecule has 1 amide bonds. The standard InChI is InChI=1S/C24H22N4O2/c1-16-12-22(30-28-16)21-14-25-15-27-23(21)20-10-8-18(9-11-20)13-26-24(29)17(2)19-6-4-3-5-7-19/h3-12,14-15,17H,13H2,1-2H3,(H,26,29). The van der Waals surface area contributed by atoms with Crippen LogP contribution >= 0.6 is 0 Å². The van der Waals surface area contributed by atoms with E-state index in [1.807, 2.05) is 74.5 Å². The number of carbonyl (C=O) groups is 1. The Balaban J connectivity index is 1.46. The Bertz CT molecular complexity index is 1140. The van der Waals surface area contributed by atoms with Crippen LogP contribution in [-0.4, -0.2) is 21.0 Å². The minimum absolute atomic E-state index is 0.00375. The van der Waals surface area contributed by atoms with Crippen molar-refractivity contribution < 1.29 is 9.32 Å². The van der Waals surface area contributed by atoms with Gasteiger partial charge in [0.15, 0.2) is 5.76 Å². The molecule has 0 radical (unpaired) electrons. The first kappa shape index (κ1) is 19.5. The van der Waals surface area contributed by atoms with Gasteiger partial charge in [-0.2, -0.15) is 0 Å². The predicted octanol–water partition coefficient (Wildman–Crippen LogP) is 4.53. The Labute approximate surface area is 175 Å². The molecule has 1 atom stereocenters. The number of aryl methyl sites for hydroxylation is 1. The van der Waals surface area contributed by atoms with Crippen molar-refractivity contribution in [3.63, 3.8) is 0 Å². The minimum atomic E-state index is -0.195. The van der Waals surface area contributed by atoms with Crippen LogP contribution < -0.4 is 5.32 Å².